The van der Waals surface area contributed by atoms with Crippen molar-refractivity contribution in [3.05, 3.63) is 70.5 Å². The van der Waals surface area contributed by atoms with E-state index in [1.807, 2.05) is 6.07 Å². The maximum absolute atomic E-state index is 13.7. The minimum atomic E-state index is -3.16. The molecule has 0 saturated heterocycles. The van der Waals surface area contributed by atoms with Crippen LogP contribution in [0.15, 0.2) is 42.5 Å². The molecule has 0 amide bonds. The van der Waals surface area contributed by atoms with Crippen molar-refractivity contribution >= 4 is 22.4 Å². The zero-order valence-corrected chi connectivity index (χ0v) is 20.3. The van der Waals surface area contributed by atoms with Crippen LogP contribution in [0.1, 0.15) is 53.9 Å². The molecule has 0 aliphatic heterocycles. The number of nitrogens with zero attached hydrogens (tertiary/aromatic N) is 1. The van der Waals surface area contributed by atoms with E-state index in [9.17, 15) is 12.8 Å². The third-order valence-corrected chi connectivity index (χ3v) is 7.99. The summed E-state index contributed by atoms with van der Waals surface area (Å²) < 4.78 is 39.5. The van der Waals surface area contributed by atoms with Crippen molar-refractivity contribution in [1.29, 1.82) is 0 Å². The monoisotopic (exact) mass is 480 g/mol. The Morgan fingerprint density at radius 1 is 1.09 bits per heavy atom. The van der Waals surface area contributed by atoms with Crippen molar-refractivity contribution in [2.75, 3.05) is 19.3 Å². The summed E-state index contributed by atoms with van der Waals surface area (Å²) in [5.41, 5.74) is 11.3. The van der Waals surface area contributed by atoms with Gasteiger partial charge in [-0.2, -0.15) is 0 Å². The third-order valence-electron chi connectivity index (χ3n) is 6.72. The van der Waals surface area contributed by atoms with Crippen molar-refractivity contribution < 1.29 is 12.8 Å². The molecular weight excluding hydrogens is 447 g/mol. The molecule has 2 aromatic rings. The van der Waals surface area contributed by atoms with Crippen LogP contribution in [0, 0.1) is 11.7 Å². The lowest BCUT2D eigenvalue weighted by atomic mass is 9.76. The summed E-state index contributed by atoms with van der Waals surface area (Å²) >= 11 is 0. The number of hydrogen-bond donors (Lipinski definition) is 1. The van der Waals surface area contributed by atoms with Crippen LogP contribution >= 0.6 is 12.4 Å². The molecule has 2 aromatic carbocycles. The molecule has 7 heteroatoms. The molecule has 0 aromatic heterocycles. The van der Waals surface area contributed by atoms with Gasteiger partial charge in [0.2, 0.25) is 10.0 Å². The first-order chi connectivity index (χ1) is 14.8. The molecule has 0 spiro atoms. The van der Waals surface area contributed by atoms with Crippen LogP contribution in [-0.2, 0) is 29.3 Å². The van der Waals surface area contributed by atoms with E-state index in [4.69, 9.17) is 5.73 Å². The highest BCUT2D eigenvalue weighted by Gasteiger charge is 2.29. The summed E-state index contributed by atoms with van der Waals surface area (Å²) in [6.45, 7) is 1.23. The second-order valence-electron chi connectivity index (χ2n) is 9.34. The summed E-state index contributed by atoms with van der Waals surface area (Å²) in [6.07, 6.45) is 7.89. The predicted octanol–water partition coefficient (Wildman–Crippen LogP) is 4.45. The van der Waals surface area contributed by atoms with Crippen molar-refractivity contribution in [2.45, 2.75) is 56.9 Å². The molecule has 0 bridgehead atoms. The van der Waals surface area contributed by atoms with Crippen molar-refractivity contribution in [2.24, 2.45) is 11.7 Å². The van der Waals surface area contributed by atoms with Crippen LogP contribution in [0.3, 0.4) is 0 Å². The van der Waals surface area contributed by atoms with Crippen LogP contribution in [-0.4, -0.2) is 38.1 Å². The number of benzene rings is 2. The Morgan fingerprint density at radius 3 is 2.56 bits per heavy atom. The molecule has 176 valence electrons. The molecule has 32 heavy (non-hydrogen) atoms. The number of hydrogen-bond acceptors (Lipinski definition) is 3. The average Bonchev–Trinajstić information content (AvgIpc) is 3.53. The van der Waals surface area contributed by atoms with Gasteiger partial charge in [-0.15, -0.1) is 12.4 Å². The van der Waals surface area contributed by atoms with Crippen LogP contribution < -0.4 is 5.73 Å². The maximum Gasteiger partial charge on any atom is 0.211 e. The standard InChI is InChI=1S/C25H33FN2O2S.ClH/c1-31(29,30)28(17-19-7-8-19)13-3-5-18-9-10-21-11-12-25(27)24(23(21)15-18)16-20-4-2-6-22(26)14-20;/h2,4,6,9-10,14-15,19,24-25H,3,5,7-8,11-13,16-17,27H2,1H3;1H. The van der Waals surface area contributed by atoms with E-state index < -0.39 is 10.0 Å². The van der Waals surface area contributed by atoms with E-state index in [1.54, 1.807) is 16.4 Å². The molecule has 0 radical (unpaired) electrons. The molecular formula is C25H34ClFN2O2S. The van der Waals surface area contributed by atoms with E-state index >= 15 is 0 Å². The van der Waals surface area contributed by atoms with Gasteiger partial charge < -0.3 is 5.73 Å². The number of aryl methyl sites for hydroxylation is 2. The van der Waals surface area contributed by atoms with Crippen molar-refractivity contribution in [3.8, 4) is 0 Å². The van der Waals surface area contributed by atoms with Crippen LogP contribution in [0.5, 0.6) is 0 Å². The molecule has 2 aliphatic rings. The molecule has 2 N–H and O–H groups in total. The smallest absolute Gasteiger partial charge is 0.211 e. The Bertz CT molecular complexity index is 1030. The third kappa shape index (κ3) is 6.53. The Kier molecular flexibility index (Phi) is 8.37. The lowest BCUT2D eigenvalue weighted by Gasteiger charge is -2.32. The van der Waals surface area contributed by atoms with E-state index in [0.29, 0.717) is 19.0 Å². The number of rotatable bonds is 9. The quantitative estimate of drug-likeness (QED) is 0.576. The van der Waals surface area contributed by atoms with Gasteiger partial charge in [-0.1, -0.05) is 30.3 Å². The molecule has 4 nitrogen and oxygen atoms in total. The van der Waals surface area contributed by atoms with Gasteiger partial charge in [0.25, 0.3) is 0 Å². The summed E-state index contributed by atoms with van der Waals surface area (Å²) in [7, 11) is -3.16. The molecule has 1 fully saturated rings. The Balaban J connectivity index is 0.00000289. The molecule has 2 aliphatic carbocycles. The molecule has 4 rings (SSSR count). The van der Waals surface area contributed by atoms with Crippen molar-refractivity contribution in [1.82, 2.24) is 4.31 Å². The molecule has 1 saturated carbocycles. The van der Waals surface area contributed by atoms with Gasteiger partial charge in [-0.25, -0.2) is 17.1 Å². The van der Waals surface area contributed by atoms with Gasteiger partial charge in [0.05, 0.1) is 6.26 Å². The lowest BCUT2D eigenvalue weighted by molar-refractivity contribution is 0.393. The van der Waals surface area contributed by atoms with Gasteiger partial charge in [0, 0.05) is 25.0 Å². The Labute approximate surface area is 197 Å². The fourth-order valence-corrected chi connectivity index (χ4v) is 5.69. The second kappa shape index (κ2) is 10.6. The zero-order valence-electron chi connectivity index (χ0n) is 18.7. The maximum atomic E-state index is 13.7. The summed E-state index contributed by atoms with van der Waals surface area (Å²) in [6, 6.07) is 13.5. The van der Waals surface area contributed by atoms with E-state index in [0.717, 1.165) is 50.5 Å². The van der Waals surface area contributed by atoms with Crippen LogP contribution in [0.25, 0.3) is 0 Å². The molecule has 0 heterocycles. The Morgan fingerprint density at radius 2 is 1.88 bits per heavy atom. The minimum Gasteiger partial charge on any atom is -0.327 e. The highest BCUT2D eigenvalue weighted by atomic mass is 35.5. The SMILES string of the molecule is CS(=O)(=O)N(CCCc1ccc2c(c1)C(Cc1cccc(F)c1)C(N)CC2)CC1CC1.Cl. The summed E-state index contributed by atoms with van der Waals surface area (Å²) in [5, 5.41) is 0. The first kappa shape index (κ1) is 25.2. The minimum absolute atomic E-state index is 0. The normalized spacial score (nSPS) is 20.6. The topological polar surface area (TPSA) is 63.4 Å². The van der Waals surface area contributed by atoms with Crippen LogP contribution in [0.4, 0.5) is 4.39 Å². The largest absolute Gasteiger partial charge is 0.327 e. The first-order valence-electron chi connectivity index (χ1n) is 11.4. The Hall–Kier alpha value is -1.47. The molecule has 2 unspecified atom stereocenters. The average molecular weight is 481 g/mol. The number of sulfonamides is 1. The van der Waals surface area contributed by atoms with Gasteiger partial charge in [0.15, 0.2) is 0 Å². The van der Waals surface area contributed by atoms with Gasteiger partial charge in [-0.3, -0.25) is 0 Å². The van der Waals surface area contributed by atoms with Gasteiger partial charge >= 0.3 is 0 Å². The van der Waals surface area contributed by atoms with Crippen LogP contribution in [0.2, 0.25) is 0 Å². The number of nitrogens with two attached hydrogens (primary N) is 1. The first-order valence-corrected chi connectivity index (χ1v) is 13.2. The van der Waals surface area contributed by atoms with E-state index in [1.165, 1.54) is 29.0 Å². The second-order valence-corrected chi connectivity index (χ2v) is 11.3. The fraction of sp³-hybridized carbons (Fsp3) is 0.520. The van der Waals surface area contributed by atoms with Gasteiger partial charge in [-0.05, 0) is 85.3 Å². The zero-order chi connectivity index (χ0) is 22.0. The highest BCUT2D eigenvalue weighted by Crippen LogP contribution is 2.35. The van der Waals surface area contributed by atoms with E-state index in [-0.39, 0.29) is 30.2 Å². The summed E-state index contributed by atoms with van der Waals surface area (Å²) in [5.74, 6) is 0.508. The van der Waals surface area contributed by atoms with Crippen molar-refractivity contribution in [3.63, 3.8) is 0 Å². The lowest BCUT2D eigenvalue weighted by Crippen LogP contribution is -2.34. The molecule has 2 atom stereocenters. The van der Waals surface area contributed by atoms with E-state index in [2.05, 4.69) is 18.2 Å². The number of fused-ring (bicyclic) bond motifs is 1. The number of halogens is 2. The fourth-order valence-electron chi connectivity index (χ4n) is 4.75. The highest BCUT2D eigenvalue weighted by molar-refractivity contribution is 7.88. The van der Waals surface area contributed by atoms with Gasteiger partial charge in [0.1, 0.15) is 5.82 Å². The predicted molar refractivity (Wildman–Crippen MR) is 130 cm³/mol. The summed E-state index contributed by atoms with van der Waals surface area (Å²) in [4.78, 5) is 0.